The normalized spacial score (nSPS) is 34.0. The van der Waals surface area contributed by atoms with Gasteiger partial charge in [0.05, 0.1) is 12.7 Å². The van der Waals surface area contributed by atoms with Crippen LogP contribution in [0.2, 0.25) is 0 Å². The van der Waals surface area contributed by atoms with Crippen LogP contribution < -0.4 is 5.32 Å². The zero-order valence-electron chi connectivity index (χ0n) is 11.1. The van der Waals surface area contributed by atoms with Crippen LogP contribution in [0.3, 0.4) is 0 Å². The standard InChI is InChI=1S/C13H24N2OS/c1-9(2)6-12-14-8-13(16)15(12)10-4-5-11(7-10)17-3/h9-12,14H,4-8H2,1-3H3. The molecule has 1 amide bonds. The zero-order chi connectivity index (χ0) is 12.4. The smallest absolute Gasteiger partial charge is 0.238 e. The molecule has 2 aliphatic rings. The Morgan fingerprint density at radius 2 is 2.24 bits per heavy atom. The van der Waals surface area contributed by atoms with Crippen LogP contribution in [0.25, 0.3) is 0 Å². The minimum Gasteiger partial charge on any atom is -0.323 e. The number of rotatable bonds is 4. The maximum Gasteiger partial charge on any atom is 0.238 e. The second-order valence-corrected chi connectivity index (χ2v) is 6.79. The van der Waals surface area contributed by atoms with Crippen LogP contribution in [0.15, 0.2) is 0 Å². The van der Waals surface area contributed by atoms with E-state index in [4.69, 9.17) is 0 Å². The molecule has 1 aliphatic carbocycles. The van der Waals surface area contributed by atoms with Gasteiger partial charge in [0.25, 0.3) is 0 Å². The third-order valence-corrected chi connectivity index (χ3v) is 4.99. The van der Waals surface area contributed by atoms with Crippen LogP contribution in [0.1, 0.15) is 39.5 Å². The van der Waals surface area contributed by atoms with Gasteiger partial charge in [0.2, 0.25) is 5.91 Å². The second-order valence-electron chi connectivity index (χ2n) is 5.65. The first kappa shape index (κ1) is 13.2. The predicted molar refractivity (Wildman–Crippen MR) is 73.0 cm³/mol. The van der Waals surface area contributed by atoms with Gasteiger partial charge in [-0.2, -0.15) is 11.8 Å². The number of thioether (sulfide) groups is 1. The zero-order valence-corrected chi connectivity index (χ0v) is 11.9. The molecule has 0 spiro atoms. The molecule has 1 aliphatic heterocycles. The molecule has 1 N–H and O–H groups in total. The fourth-order valence-corrected chi connectivity index (χ4v) is 3.84. The number of nitrogens with zero attached hydrogens (tertiary/aromatic N) is 1. The molecular weight excluding hydrogens is 232 g/mol. The first-order valence-electron chi connectivity index (χ1n) is 6.69. The van der Waals surface area contributed by atoms with Crippen molar-refractivity contribution in [2.24, 2.45) is 5.92 Å². The summed E-state index contributed by atoms with van der Waals surface area (Å²) in [6.07, 6.45) is 7.18. The summed E-state index contributed by atoms with van der Waals surface area (Å²) in [5, 5.41) is 4.12. The van der Waals surface area contributed by atoms with E-state index >= 15 is 0 Å². The van der Waals surface area contributed by atoms with Crippen molar-refractivity contribution < 1.29 is 4.79 Å². The van der Waals surface area contributed by atoms with Crippen molar-refractivity contribution in [2.75, 3.05) is 12.8 Å². The summed E-state index contributed by atoms with van der Waals surface area (Å²) in [7, 11) is 0. The first-order chi connectivity index (χ1) is 8.11. The summed E-state index contributed by atoms with van der Waals surface area (Å²) in [6.45, 7) is 4.99. The monoisotopic (exact) mass is 256 g/mol. The number of hydrogen-bond donors (Lipinski definition) is 1. The quantitative estimate of drug-likeness (QED) is 0.836. The third-order valence-electron chi connectivity index (χ3n) is 3.89. The molecule has 2 rings (SSSR count). The molecule has 3 atom stereocenters. The number of carbonyl (C=O) groups excluding carboxylic acids is 1. The molecule has 3 unspecified atom stereocenters. The fourth-order valence-electron chi connectivity index (χ4n) is 3.05. The van der Waals surface area contributed by atoms with E-state index in [1.54, 1.807) is 0 Å². The summed E-state index contributed by atoms with van der Waals surface area (Å²) < 4.78 is 0. The van der Waals surface area contributed by atoms with Crippen molar-refractivity contribution in [3.05, 3.63) is 0 Å². The van der Waals surface area contributed by atoms with Crippen molar-refractivity contribution >= 4 is 17.7 Å². The van der Waals surface area contributed by atoms with E-state index in [9.17, 15) is 4.79 Å². The van der Waals surface area contributed by atoms with Gasteiger partial charge < -0.3 is 4.90 Å². The molecule has 4 heteroatoms. The summed E-state index contributed by atoms with van der Waals surface area (Å²) in [5.41, 5.74) is 0. The molecular formula is C13H24N2OS. The lowest BCUT2D eigenvalue weighted by atomic mass is 10.1. The van der Waals surface area contributed by atoms with Crippen LogP contribution in [0, 0.1) is 5.92 Å². The molecule has 0 radical (unpaired) electrons. The molecule has 1 saturated carbocycles. The molecule has 17 heavy (non-hydrogen) atoms. The van der Waals surface area contributed by atoms with Gasteiger partial charge in [-0.25, -0.2) is 0 Å². The van der Waals surface area contributed by atoms with Gasteiger partial charge in [-0.1, -0.05) is 13.8 Å². The van der Waals surface area contributed by atoms with E-state index in [1.165, 1.54) is 19.3 Å². The Kier molecular flexibility index (Phi) is 4.36. The summed E-state index contributed by atoms with van der Waals surface area (Å²) in [5.74, 6) is 0.945. The van der Waals surface area contributed by atoms with Crippen LogP contribution >= 0.6 is 11.8 Å². The van der Waals surface area contributed by atoms with Crippen molar-refractivity contribution in [1.29, 1.82) is 0 Å². The summed E-state index contributed by atoms with van der Waals surface area (Å²) in [6, 6.07) is 0.485. The summed E-state index contributed by atoms with van der Waals surface area (Å²) in [4.78, 5) is 14.2. The molecule has 0 bridgehead atoms. The Morgan fingerprint density at radius 1 is 1.47 bits per heavy atom. The van der Waals surface area contributed by atoms with Crippen molar-refractivity contribution in [3.8, 4) is 0 Å². The predicted octanol–water partition coefficient (Wildman–Crippen LogP) is 2.07. The van der Waals surface area contributed by atoms with Crippen molar-refractivity contribution in [3.63, 3.8) is 0 Å². The Hall–Kier alpha value is -0.220. The lowest BCUT2D eigenvalue weighted by Gasteiger charge is -2.31. The first-order valence-corrected chi connectivity index (χ1v) is 7.98. The van der Waals surface area contributed by atoms with Crippen LogP contribution in [-0.4, -0.2) is 41.1 Å². The highest BCUT2D eigenvalue weighted by atomic mass is 32.2. The number of nitrogens with one attached hydrogen (secondary N) is 1. The summed E-state index contributed by atoms with van der Waals surface area (Å²) >= 11 is 1.95. The highest BCUT2D eigenvalue weighted by molar-refractivity contribution is 7.99. The van der Waals surface area contributed by atoms with Gasteiger partial charge in [-0.05, 0) is 37.9 Å². The Balaban J connectivity index is 1.99. The van der Waals surface area contributed by atoms with Gasteiger partial charge in [0.1, 0.15) is 0 Å². The number of carbonyl (C=O) groups is 1. The molecule has 2 fully saturated rings. The van der Waals surface area contributed by atoms with Gasteiger partial charge >= 0.3 is 0 Å². The molecule has 0 aromatic rings. The highest BCUT2D eigenvalue weighted by Gasteiger charge is 2.39. The number of hydrogen-bond acceptors (Lipinski definition) is 3. The SMILES string of the molecule is CSC1CCC(N2C(=O)CNC2CC(C)C)C1. The van der Waals surface area contributed by atoms with Gasteiger partial charge in [-0.3, -0.25) is 10.1 Å². The van der Waals surface area contributed by atoms with E-state index in [-0.39, 0.29) is 6.17 Å². The van der Waals surface area contributed by atoms with Gasteiger partial charge in [0, 0.05) is 11.3 Å². The molecule has 0 aromatic carbocycles. The Morgan fingerprint density at radius 3 is 2.82 bits per heavy atom. The van der Waals surface area contributed by atoms with Crippen LogP contribution in [0.4, 0.5) is 0 Å². The molecule has 0 aromatic heterocycles. The lowest BCUT2D eigenvalue weighted by molar-refractivity contribution is -0.130. The fraction of sp³-hybridized carbons (Fsp3) is 0.923. The van der Waals surface area contributed by atoms with Crippen LogP contribution in [0.5, 0.6) is 0 Å². The van der Waals surface area contributed by atoms with Crippen molar-refractivity contribution in [1.82, 2.24) is 10.2 Å². The third kappa shape index (κ3) is 2.97. The minimum atomic E-state index is 0.285. The minimum absolute atomic E-state index is 0.285. The largest absolute Gasteiger partial charge is 0.323 e. The molecule has 3 nitrogen and oxygen atoms in total. The number of amides is 1. The Bertz CT molecular complexity index is 283. The van der Waals surface area contributed by atoms with Gasteiger partial charge in [0.15, 0.2) is 0 Å². The topological polar surface area (TPSA) is 32.3 Å². The second kappa shape index (κ2) is 5.61. The molecule has 98 valence electrons. The molecule has 1 saturated heterocycles. The van der Waals surface area contributed by atoms with E-state index < -0.39 is 0 Å². The average Bonchev–Trinajstić information content (AvgIpc) is 2.85. The van der Waals surface area contributed by atoms with E-state index in [2.05, 4.69) is 30.3 Å². The van der Waals surface area contributed by atoms with Crippen LogP contribution in [-0.2, 0) is 4.79 Å². The van der Waals surface area contributed by atoms with E-state index in [0.717, 1.165) is 11.7 Å². The van der Waals surface area contributed by atoms with Crippen molar-refractivity contribution in [2.45, 2.75) is 57.0 Å². The van der Waals surface area contributed by atoms with E-state index in [1.807, 2.05) is 11.8 Å². The highest BCUT2D eigenvalue weighted by Crippen LogP contribution is 2.33. The van der Waals surface area contributed by atoms with Gasteiger partial charge in [-0.15, -0.1) is 0 Å². The van der Waals surface area contributed by atoms with E-state index in [0.29, 0.717) is 24.4 Å². The maximum atomic E-state index is 12.0. The molecule has 1 heterocycles. The average molecular weight is 256 g/mol. The maximum absolute atomic E-state index is 12.0. The lowest BCUT2D eigenvalue weighted by Crippen LogP contribution is -2.44. The Labute approximate surface area is 109 Å².